The van der Waals surface area contributed by atoms with Crippen LogP contribution in [0.5, 0.6) is 5.75 Å². The van der Waals surface area contributed by atoms with Gasteiger partial charge in [-0.2, -0.15) is 13.9 Å². The number of nitrogens with two attached hydrogens (primary N) is 1. The smallest absolute Gasteiger partial charge is 0.387 e. The maximum atomic E-state index is 12.7. The summed E-state index contributed by atoms with van der Waals surface area (Å²) in [5.74, 6) is 1.86. The molecule has 30 heavy (non-hydrogen) atoms. The maximum Gasteiger partial charge on any atom is 0.387 e. The number of ether oxygens (including phenoxy) is 1. The monoisotopic (exact) mass is 417 g/mol. The van der Waals surface area contributed by atoms with Gasteiger partial charge in [-0.1, -0.05) is 0 Å². The van der Waals surface area contributed by atoms with E-state index in [2.05, 4.69) is 39.2 Å². The van der Waals surface area contributed by atoms with Gasteiger partial charge in [-0.05, 0) is 76.6 Å². The number of halogens is 2. The van der Waals surface area contributed by atoms with Gasteiger partial charge < -0.3 is 15.4 Å². The Morgan fingerprint density at radius 2 is 1.83 bits per heavy atom. The fourth-order valence-corrected chi connectivity index (χ4v) is 5.65. The normalized spacial score (nSPS) is 28.5. The van der Waals surface area contributed by atoms with Crippen LogP contribution in [0.2, 0.25) is 0 Å². The van der Waals surface area contributed by atoms with Gasteiger partial charge >= 0.3 is 6.61 Å². The van der Waals surface area contributed by atoms with Crippen molar-refractivity contribution < 1.29 is 13.5 Å². The van der Waals surface area contributed by atoms with Crippen molar-refractivity contribution in [3.05, 3.63) is 24.0 Å². The van der Waals surface area contributed by atoms with Gasteiger partial charge in [0.25, 0.3) is 0 Å². The van der Waals surface area contributed by atoms with Crippen LogP contribution in [-0.2, 0) is 0 Å². The molecule has 2 saturated carbocycles. The van der Waals surface area contributed by atoms with E-state index in [0.717, 1.165) is 23.6 Å². The Hall–Kier alpha value is -2.22. The van der Waals surface area contributed by atoms with E-state index in [1.54, 1.807) is 6.20 Å². The van der Waals surface area contributed by atoms with Gasteiger partial charge in [-0.3, -0.25) is 4.68 Å². The molecular formula is C22H29F2N5O. The average Bonchev–Trinajstić information content (AvgIpc) is 3.22. The van der Waals surface area contributed by atoms with Gasteiger partial charge in [-0.25, -0.2) is 4.98 Å². The summed E-state index contributed by atoms with van der Waals surface area (Å²) < 4.78 is 31.9. The largest absolute Gasteiger partial charge is 0.431 e. The number of aromatic nitrogens is 3. The van der Waals surface area contributed by atoms with Crippen molar-refractivity contribution in [2.45, 2.75) is 64.1 Å². The Morgan fingerprint density at radius 1 is 1.13 bits per heavy atom. The quantitative estimate of drug-likeness (QED) is 0.759. The fraction of sp³-hybridized carbons (Fsp3) is 0.636. The summed E-state index contributed by atoms with van der Waals surface area (Å²) in [6.45, 7) is 3.82. The van der Waals surface area contributed by atoms with Gasteiger partial charge in [0.15, 0.2) is 11.6 Å². The highest BCUT2D eigenvalue weighted by Crippen LogP contribution is 2.64. The number of hydrogen-bond acceptors (Lipinski definition) is 5. The number of hydrogen-bond donors (Lipinski definition) is 1. The average molecular weight is 418 g/mol. The Labute approximate surface area is 175 Å². The van der Waals surface area contributed by atoms with E-state index in [-0.39, 0.29) is 17.6 Å². The summed E-state index contributed by atoms with van der Waals surface area (Å²) >= 11 is 0. The van der Waals surface area contributed by atoms with Crippen LogP contribution in [0, 0.1) is 11.8 Å². The Kier molecular flexibility index (Phi) is 4.92. The molecule has 2 aromatic heterocycles. The SMILES string of the molecule is CC(C)n1nc(-c2cnc(N)c(OC(F)F)c2)cc1[C@H]1[C@@H]2CC(N3CCCC3)C[C@@H]21. The molecule has 2 aliphatic carbocycles. The molecule has 4 atom stereocenters. The molecule has 1 saturated heterocycles. The molecule has 6 nitrogen and oxygen atoms in total. The molecule has 3 heterocycles. The van der Waals surface area contributed by atoms with Crippen molar-refractivity contribution in [3.8, 4) is 17.0 Å². The molecule has 3 aliphatic rings. The molecule has 2 aromatic rings. The minimum absolute atomic E-state index is 0.0488. The maximum absolute atomic E-state index is 12.7. The third-order valence-corrected chi connectivity index (χ3v) is 7.07. The Balaban J connectivity index is 1.38. The first-order valence-electron chi connectivity index (χ1n) is 11.0. The van der Waals surface area contributed by atoms with Crippen molar-refractivity contribution >= 4 is 5.82 Å². The summed E-state index contributed by atoms with van der Waals surface area (Å²) in [4.78, 5) is 6.71. The van der Waals surface area contributed by atoms with E-state index in [9.17, 15) is 8.78 Å². The van der Waals surface area contributed by atoms with Crippen LogP contribution in [0.1, 0.15) is 57.2 Å². The van der Waals surface area contributed by atoms with E-state index in [1.807, 2.05) is 0 Å². The molecule has 162 valence electrons. The van der Waals surface area contributed by atoms with Crippen molar-refractivity contribution in [3.63, 3.8) is 0 Å². The van der Waals surface area contributed by atoms with Gasteiger partial charge in [0.05, 0.1) is 5.69 Å². The van der Waals surface area contributed by atoms with E-state index in [0.29, 0.717) is 11.5 Å². The molecule has 0 radical (unpaired) electrons. The molecule has 1 aliphatic heterocycles. The van der Waals surface area contributed by atoms with Gasteiger partial charge in [0.2, 0.25) is 0 Å². The molecule has 0 bridgehead atoms. The highest BCUT2D eigenvalue weighted by Gasteiger charge is 2.58. The van der Waals surface area contributed by atoms with Crippen LogP contribution in [0.15, 0.2) is 18.3 Å². The lowest BCUT2D eigenvalue weighted by molar-refractivity contribution is -0.0494. The number of likely N-dealkylation sites (tertiary alicyclic amines) is 1. The summed E-state index contributed by atoms with van der Waals surface area (Å²) in [5.41, 5.74) is 8.31. The molecule has 1 unspecified atom stereocenters. The summed E-state index contributed by atoms with van der Waals surface area (Å²) in [7, 11) is 0. The number of pyridine rings is 1. The second-order valence-corrected chi connectivity index (χ2v) is 9.20. The fourth-order valence-electron chi connectivity index (χ4n) is 5.65. The Morgan fingerprint density at radius 3 is 2.47 bits per heavy atom. The van der Waals surface area contributed by atoms with E-state index >= 15 is 0 Å². The predicted octanol–water partition coefficient (Wildman–Crippen LogP) is 4.30. The molecule has 5 rings (SSSR count). The third kappa shape index (κ3) is 3.45. The zero-order chi connectivity index (χ0) is 21.0. The first-order chi connectivity index (χ1) is 14.4. The minimum Gasteiger partial charge on any atom is -0.431 e. The van der Waals surface area contributed by atoms with Crippen LogP contribution in [-0.4, -0.2) is 45.4 Å². The molecule has 0 spiro atoms. The summed E-state index contributed by atoms with van der Waals surface area (Å²) in [6.07, 6.45) is 6.81. The van der Waals surface area contributed by atoms with Crippen molar-refractivity contribution in [2.75, 3.05) is 18.8 Å². The van der Waals surface area contributed by atoms with Crippen molar-refractivity contribution in [1.29, 1.82) is 0 Å². The van der Waals surface area contributed by atoms with Crippen LogP contribution < -0.4 is 10.5 Å². The molecule has 3 fully saturated rings. The van der Waals surface area contributed by atoms with Crippen LogP contribution >= 0.6 is 0 Å². The lowest BCUT2D eigenvalue weighted by Gasteiger charge is -2.25. The number of anilines is 1. The molecule has 0 amide bonds. The second kappa shape index (κ2) is 7.48. The van der Waals surface area contributed by atoms with Crippen molar-refractivity contribution in [2.24, 2.45) is 11.8 Å². The first kappa shape index (κ1) is 19.7. The van der Waals surface area contributed by atoms with Gasteiger partial charge in [0, 0.05) is 35.5 Å². The van der Waals surface area contributed by atoms with Crippen LogP contribution in [0.4, 0.5) is 14.6 Å². The molecular weight excluding hydrogens is 388 g/mol. The minimum atomic E-state index is -2.94. The molecule has 8 heteroatoms. The van der Waals surface area contributed by atoms with Gasteiger partial charge in [0.1, 0.15) is 0 Å². The second-order valence-electron chi connectivity index (χ2n) is 9.20. The number of nitrogen functional groups attached to an aromatic ring is 1. The van der Waals surface area contributed by atoms with E-state index in [1.165, 1.54) is 50.5 Å². The van der Waals surface area contributed by atoms with Crippen LogP contribution in [0.3, 0.4) is 0 Å². The number of fused-ring (bicyclic) bond motifs is 1. The highest BCUT2D eigenvalue weighted by atomic mass is 19.3. The standard InChI is InChI=1S/C22H29F2N5O/c1-12(2)29-18(20-15-8-14(9-16(15)20)28-5-3-4-6-28)10-17(27-29)13-7-19(30-22(23)24)21(25)26-11-13/h7,10-12,14-16,20,22H,3-6,8-9H2,1-2H3,(H2,25,26)/t14?,15-,16+,20+. The Bertz CT molecular complexity index is 912. The van der Waals surface area contributed by atoms with E-state index in [4.69, 9.17) is 10.8 Å². The lowest BCUT2D eigenvalue weighted by Crippen LogP contribution is -2.31. The van der Waals surface area contributed by atoms with E-state index < -0.39 is 6.61 Å². The summed E-state index contributed by atoms with van der Waals surface area (Å²) in [6, 6.07) is 4.59. The number of nitrogens with zero attached hydrogens (tertiary/aromatic N) is 4. The predicted molar refractivity (Wildman–Crippen MR) is 110 cm³/mol. The zero-order valence-electron chi connectivity index (χ0n) is 17.5. The summed E-state index contributed by atoms with van der Waals surface area (Å²) in [5, 5.41) is 4.80. The topological polar surface area (TPSA) is 69.2 Å². The lowest BCUT2D eigenvalue weighted by atomic mass is 10.0. The molecule has 0 aromatic carbocycles. The van der Waals surface area contributed by atoms with Crippen molar-refractivity contribution in [1.82, 2.24) is 19.7 Å². The van der Waals surface area contributed by atoms with Crippen LogP contribution in [0.25, 0.3) is 11.3 Å². The molecule has 2 N–H and O–H groups in total. The third-order valence-electron chi connectivity index (χ3n) is 7.07. The zero-order valence-corrected chi connectivity index (χ0v) is 17.5. The number of rotatable bonds is 6. The first-order valence-corrected chi connectivity index (χ1v) is 11.0. The highest BCUT2D eigenvalue weighted by molar-refractivity contribution is 5.64. The number of alkyl halides is 2. The van der Waals surface area contributed by atoms with Gasteiger partial charge in [-0.15, -0.1) is 0 Å².